The highest BCUT2D eigenvalue weighted by Gasteiger charge is 2.16. The highest BCUT2D eigenvalue weighted by atomic mass is 16.5. The lowest BCUT2D eigenvalue weighted by molar-refractivity contribution is -0.130. The van der Waals surface area contributed by atoms with E-state index in [9.17, 15) is 9.59 Å². The Bertz CT molecular complexity index is 883. The second kappa shape index (κ2) is 17.6. The van der Waals surface area contributed by atoms with Crippen molar-refractivity contribution in [1.82, 2.24) is 16.1 Å². The van der Waals surface area contributed by atoms with Gasteiger partial charge in [-0.2, -0.15) is 0 Å². The number of rotatable bonds is 10. The molecule has 2 unspecified atom stereocenters. The number of carbonyl (C=O) groups is 2. The summed E-state index contributed by atoms with van der Waals surface area (Å²) in [5.41, 5.74) is 8.85. The quantitative estimate of drug-likeness (QED) is 0.261. The number of nitrogens with two attached hydrogens (primary N) is 1. The van der Waals surface area contributed by atoms with Gasteiger partial charge < -0.3 is 16.4 Å². The Kier molecular flexibility index (Phi) is 16.1. The minimum atomic E-state index is -0.417. The number of hydroxylamine groups is 1. The molecule has 0 fully saturated rings. The van der Waals surface area contributed by atoms with Crippen molar-refractivity contribution in [3.05, 3.63) is 60.3 Å². The number of hydrogen-bond donors (Lipinski definition) is 5. The summed E-state index contributed by atoms with van der Waals surface area (Å²) in [6, 6.07) is 14.6. The van der Waals surface area contributed by atoms with Gasteiger partial charge in [-0.05, 0) is 49.4 Å². The predicted molar refractivity (Wildman–Crippen MR) is 141 cm³/mol. The standard InChI is InChI=1S/C14H28N4O3.C11H10.C2H6/c1-9(2)5-12(6-13(19)18-21)7-16-8-14(20)17-11(4)10(3)15;1-9-6-7-10-4-2-3-5-11(10)8-9;1-2/h9,11-12,16,21H,3,5-8,15H2,1-2,4H3,(H,17,20)(H,18,19);2-8H,1H3;1-2H3. The van der Waals surface area contributed by atoms with Crippen molar-refractivity contribution < 1.29 is 14.8 Å². The molecule has 2 atom stereocenters. The van der Waals surface area contributed by atoms with Crippen LogP contribution in [0.4, 0.5) is 0 Å². The van der Waals surface area contributed by atoms with E-state index in [4.69, 9.17) is 10.9 Å². The first-order valence-corrected chi connectivity index (χ1v) is 11.9. The topological polar surface area (TPSA) is 116 Å². The number of nitrogens with one attached hydrogen (secondary N) is 3. The van der Waals surface area contributed by atoms with Crippen molar-refractivity contribution in [2.24, 2.45) is 17.6 Å². The lowest BCUT2D eigenvalue weighted by atomic mass is 9.94. The van der Waals surface area contributed by atoms with Crippen molar-refractivity contribution in [3.63, 3.8) is 0 Å². The zero-order chi connectivity index (χ0) is 26.1. The van der Waals surface area contributed by atoms with E-state index in [1.807, 2.05) is 13.8 Å². The molecule has 0 bridgehead atoms. The SMILES string of the molecule is C=C(N)C(C)NC(=O)CNCC(CC(=O)NO)CC(C)C.CC.Cc1ccc2ccccc2c1. The van der Waals surface area contributed by atoms with Crippen LogP contribution >= 0.6 is 0 Å². The molecule has 0 radical (unpaired) electrons. The van der Waals surface area contributed by atoms with Crippen LogP contribution in [-0.4, -0.2) is 36.2 Å². The molecule has 0 saturated carbocycles. The fourth-order valence-corrected chi connectivity index (χ4v) is 3.30. The van der Waals surface area contributed by atoms with E-state index >= 15 is 0 Å². The molecule has 34 heavy (non-hydrogen) atoms. The van der Waals surface area contributed by atoms with Crippen LogP contribution in [0.5, 0.6) is 0 Å². The highest BCUT2D eigenvalue weighted by Crippen LogP contribution is 2.15. The average Bonchev–Trinajstić information content (AvgIpc) is 2.80. The van der Waals surface area contributed by atoms with Gasteiger partial charge in [0.05, 0.1) is 12.6 Å². The van der Waals surface area contributed by atoms with Gasteiger partial charge in [0.15, 0.2) is 0 Å². The second-order valence-electron chi connectivity index (χ2n) is 8.58. The van der Waals surface area contributed by atoms with E-state index in [0.29, 0.717) is 18.2 Å². The normalized spacial score (nSPS) is 11.9. The van der Waals surface area contributed by atoms with Crippen LogP contribution in [0.25, 0.3) is 10.8 Å². The molecule has 0 heterocycles. The van der Waals surface area contributed by atoms with E-state index < -0.39 is 5.91 Å². The number of hydrogen-bond acceptors (Lipinski definition) is 5. The number of benzene rings is 2. The van der Waals surface area contributed by atoms with Gasteiger partial charge in [0.2, 0.25) is 11.8 Å². The van der Waals surface area contributed by atoms with Gasteiger partial charge in [-0.25, -0.2) is 5.48 Å². The van der Waals surface area contributed by atoms with Crippen LogP contribution in [0.2, 0.25) is 0 Å². The third-order valence-corrected chi connectivity index (χ3v) is 4.96. The van der Waals surface area contributed by atoms with E-state index in [0.717, 1.165) is 6.42 Å². The molecule has 2 rings (SSSR count). The summed E-state index contributed by atoms with van der Waals surface area (Å²) < 4.78 is 0. The molecular weight excluding hydrogens is 428 g/mol. The fourth-order valence-electron chi connectivity index (χ4n) is 3.30. The summed E-state index contributed by atoms with van der Waals surface area (Å²) in [5.74, 6) is -0.103. The monoisotopic (exact) mass is 472 g/mol. The molecule has 0 aliphatic rings. The first-order chi connectivity index (χ1) is 16.1. The van der Waals surface area contributed by atoms with Crippen LogP contribution in [0, 0.1) is 18.8 Å². The highest BCUT2D eigenvalue weighted by molar-refractivity contribution is 5.82. The molecule has 0 aliphatic carbocycles. The number of aryl methyl sites for hydroxylation is 1. The maximum Gasteiger partial charge on any atom is 0.243 e. The van der Waals surface area contributed by atoms with E-state index in [-0.39, 0.29) is 30.8 Å². The Hall–Kier alpha value is -2.90. The van der Waals surface area contributed by atoms with Gasteiger partial charge in [-0.15, -0.1) is 0 Å². The summed E-state index contributed by atoms with van der Waals surface area (Å²) in [6.07, 6.45) is 1.05. The maximum atomic E-state index is 11.7. The van der Waals surface area contributed by atoms with Gasteiger partial charge in [0, 0.05) is 12.1 Å². The Morgan fingerprint density at radius 2 is 1.65 bits per heavy atom. The van der Waals surface area contributed by atoms with Crippen molar-refractivity contribution >= 4 is 22.6 Å². The third kappa shape index (κ3) is 13.6. The molecule has 2 aromatic carbocycles. The second-order valence-corrected chi connectivity index (χ2v) is 8.58. The number of carbonyl (C=O) groups excluding carboxylic acids is 2. The largest absolute Gasteiger partial charge is 0.401 e. The zero-order valence-corrected chi connectivity index (χ0v) is 21.7. The van der Waals surface area contributed by atoms with Crippen LogP contribution in [0.15, 0.2) is 54.7 Å². The molecular formula is C27H44N4O3. The summed E-state index contributed by atoms with van der Waals surface area (Å²) >= 11 is 0. The minimum absolute atomic E-state index is 0.0619. The van der Waals surface area contributed by atoms with Crippen LogP contribution in [0.3, 0.4) is 0 Å². The van der Waals surface area contributed by atoms with Crippen LogP contribution in [-0.2, 0) is 9.59 Å². The molecule has 190 valence electrons. The molecule has 6 N–H and O–H groups in total. The van der Waals surface area contributed by atoms with Gasteiger partial charge in [0.1, 0.15) is 0 Å². The maximum absolute atomic E-state index is 11.7. The van der Waals surface area contributed by atoms with Crippen molar-refractivity contribution in [3.8, 4) is 0 Å². The lowest BCUT2D eigenvalue weighted by Gasteiger charge is -2.19. The van der Waals surface area contributed by atoms with Crippen molar-refractivity contribution in [2.45, 2.75) is 60.4 Å². The summed E-state index contributed by atoms with van der Waals surface area (Å²) in [6.45, 7) is 16.2. The number of amides is 2. The summed E-state index contributed by atoms with van der Waals surface area (Å²) in [5, 5.41) is 16.9. The molecule has 0 aliphatic heterocycles. The predicted octanol–water partition coefficient (Wildman–Crippen LogP) is 4.29. The molecule has 2 aromatic rings. The Balaban J connectivity index is 0.000000690. The van der Waals surface area contributed by atoms with Gasteiger partial charge >= 0.3 is 0 Å². The summed E-state index contributed by atoms with van der Waals surface area (Å²) in [4.78, 5) is 22.9. The van der Waals surface area contributed by atoms with E-state index in [2.05, 4.69) is 80.4 Å². The summed E-state index contributed by atoms with van der Waals surface area (Å²) in [7, 11) is 0. The minimum Gasteiger partial charge on any atom is -0.401 e. The molecule has 7 nitrogen and oxygen atoms in total. The molecule has 0 aromatic heterocycles. The molecule has 0 saturated heterocycles. The van der Waals surface area contributed by atoms with E-state index in [1.165, 1.54) is 16.3 Å². The number of fused-ring (bicyclic) bond motifs is 1. The van der Waals surface area contributed by atoms with E-state index in [1.54, 1.807) is 12.4 Å². The first-order valence-electron chi connectivity index (χ1n) is 11.9. The zero-order valence-electron chi connectivity index (χ0n) is 21.7. The third-order valence-electron chi connectivity index (χ3n) is 4.96. The Morgan fingerprint density at radius 3 is 2.21 bits per heavy atom. The smallest absolute Gasteiger partial charge is 0.243 e. The Labute approximate surface area is 205 Å². The Morgan fingerprint density at radius 1 is 1.03 bits per heavy atom. The molecule has 2 amide bonds. The van der Waals surface area contributed by atoms with Crippen molar-refractivity contribution in [2.75, 3.05) is 13.1 Å². The van der Waals surface area contributed by atoms with Gasteiger partial charge in [-0.3, -0.25) is 14.8 Å². The molecule has 0 spiro atoms. The van der Waals surface area contributed by atoms with Crippen molar-refractivity contribution in [1.29, 1.82) is 0 Å². The van der Waals surface area contributed by atoms with Crippen LogP contribution < -0.4 is 21.8 Å². The van der Waals surface area contributed by atoms with Gasteiger partial charge in [-0.1, -0.05) is 82.3 Å². The van der Waals surface area contributed by atoms with Crippen LogP contribution in [0.1, 0.15) is 53.0 Å². The lowest BCUT2D eigenvalue weighted by Crippen LogP contribution is -2.42. The average molecular weight is 473 g/mol. The molecule has 7 heteroatoms. The first kappa shape index (κ1) is 31.1. The van der Waals surface area contributed by atoms with Gasteiger partial charge in [0.25, 0.3) is 0 Å². The fraction of sp³-hybridized carbons (Fsp3) is 0.481.